The molecule has 0 aromatic rings. The van der Waals surface area contributed by atoms with Crippen molar-refractivity contribution in [3.8, 4) is 0 Å². The number of hydrogen-bond donors (Lipinski definition) is 0. The Labute approximate surface area is 105 Å². The van der Waals surface area contributed by atoms with E-state index in [1.165, 1.54) is 0 Å². The molecule has 0 unspecified atom stereocenters. The number of ether oxygens (including phenoxy) is 1. The molecule has 1 rings (SSSR count). The van der Waals surface area contributed by atoms with Crippen LogP contribution >= 0.6 is 0 Å². The van der Waals surface area contributed by atoms with Gasteiger partial charge in [-0.2, -0.15) is 0 Å². The summed E-state index contributed by atoms with van der Waals surface area (Å²) in [5, 5.41) is 0. The summed E-state index contributed by atoms with van der Waals surface area (Å²) in [4.78, 5) is 14.1. The first-order valence-corrected chi connectivity index (χ1v) is 6.47. The number of allylic oxidation sites excluding steroid dienone is 1. The molecule has 0 spiro atoms. The second kappa shape index (κ2) is 5.56. The lowest BCUT2D eigenvalue weighted by Gasteiger charge is -2.36. The molecule has 1 fully saturated rings. The summed E-state index contributed by atoms with van der Waals surface area (Å²) in [5.41, 5.74) is -0.274. The molecule has 1 saturated heterocycles. The van der Waals surface area contributed by atoms with Crippen molar-refractivity contribution in [1.29, 1.82) is 0 Å². The third-order valence-electron chi connectivity index (χ3n) is 3.21. The minimum absolute atomic E-state index is 0.248. The quantitative estimate of drug-likeness (QED) is 0.709. The predicted octanol–water partition coefficient (Wildman–Crippen LogP) is 2.82. The monoisotopic (exact) mass is 239 g/mol. The van der Waals surface area contributed by atoms with E-state index in [4.69, 9.17) is 4.74 Å². The lowest BCUT2D eigenvalue weighted by molar-refractivity contribution is -0.140. The highest BCUT2D eigenvalue weighted by Gasteiger charge is 2.31. The summed E-state index contributed by atoms with van der Waals surface area (Å²) in [6, 6.07) is 0. The second-order valence-electron chi connectivity index (χ2n) is 5.72. The maximum atomic E-state index is 12.1. The molecule has 1 aliphatic rings. The fraction of sp³-hybridized carbons (Fsp3) is 0.786. The van der Waals surface area contributed by atoms with Crippen LogP contribution in [0.15, 0.2) is 12.3 Å². The van der Waals surface area contributed by atoms with Crippen molar-refractivity contribution < 1.29 is 9.53 Å². The van der Waals surface area contributed by atoms with E-state index in [0.717, 1.165) is 31.7 Å². The Bertz CT molecular complexity index is 283. The van der Waals surface area contributed by atoms with Crippen LogP contribution in [0.5, 0.6) is 0 Å². The zero-order chi connectivity index (χ0) is 13.1. The van der Waals surface area contributed by atoms with Gasteiger partial charge in [-0.3, -0.25) is 4.79 Å². The molecular weight excluding hydrogens is 214 g/mol. The Balaban J connectivity index is 2.46. The topological polar surface area (TPSA) is 29.5 Å². The Kier molecular flexibility index (Phi) is 4.61. The number of nitrogens with zero attached hydrogens (tertiary/aromatic N) is 1. The van der Waals surface area contributed by atoms with E-state index in [9.17, 15) is 4.79 Å². The fourth-order valence-electron chi connectivity index (χ4n) is 2.18. The molecule has 98 valence electrons. The van der Waals surface area contributed by atoms with Gasteiger partial charge in [0.1, 0.15) is 0 Å². The van der Waals surface area contributed by atoms with Crippen LogP contribution in [0.25, 0.3) is 0 Å². The lowest BCUT2D eigenvalue weighted by atomic mass is 9.90. The highest BCUT2D eigenvalue weighted by molar-refractivity contribution is 5.81. The van der Waals surface area contributed by atoms with Crippen LogP contribution in [0, 0.1) is 11.3 Å². The standard InChI is InChI=1S/C14H25NO2/c1-6-17-11(2)12-7-9-15(10-8-12)13(16)14(3,4)5/h12H,2,6-10H2,1,3-5H3. The van der Waals surface area contributed by atoms with Crippen LogP contribution in [0.3, 0.4) is 0 Å². The molecule has 1 amide bonds. The van der Waals surface area contributed by atoms with Crippen molar-refractivity contribution in [2.45, 2.75) is 40.5 Å². The van der Waals surface area contributed by atoms with E-state index >= 15 is 0 Å². The van der Waals surface area contributed by atoms with Crippen LogP contribution < -0.4 is 0 Å². The first kappa shape index (κ1) is 14.1. The van der Waals surface area contributed by atoms with Crippen molar-refractivity contribution in [1.82, 2.24) is 4.90 Å². The maximum Gasteiger partial charge on any atom is 0.227 e. The highest BCUT2D eigenvalue weighted by atomic mass is 16.5. The molecule has 3 nitrogen and oxygen atoms in total. The zero-order valence-corrected chi connectivity index (χ0v) is 11.6. The lowest BCUT2D eigenvalue weighted by Crippen LogP contribution is -2.44. The normalized spacial score (nSPS) is 18.0. The molecular formula is C14H25NO2. The van der Waals surface area contributed by atoms with E-state index < -0.39 is 0 Å². The second-order valence-corrected chi connectivity index (χ2v) is 5.72. The number of carbonyl (C=O) groups excluding carboxylic acids is 1. The Hall–Kier alpha value is -0.990. The van der Waals surface area contributed by atoms with Gasteiger partial charge in [-0.25, -0.2) is 0 Å². The van der Waals surface area contributed by atoms with E-state index in [1.807, 2.05) is 32.6 Å². The van der Waals surface area contributed by atoms with E-state index in [0.29, 0.717) is 12.5 Å². The van der Waals surface area contributed by atoms with Gasteiger partial charge in [-0.05, 0) is 19.8 Å². The fourth-order valence-corrected chi connectivity index (χ4v) is 2.18. The Morgan fingerprint density at radius 3 is 2.29 bits per heavy atom. The van der Waals surface area contributed by atoms with Crippen LogP contribution in [0.4, 0.5) is 0 Å². The van der Waals surface area contributed by atoms with Crippen molar-refractivity contribution in [3.05, 3.63) is 12.3 Å². The summed E-state index contributed by atoms with van der Waals surface area (Å²) >= 11 is 0. The average molecular weight is 239 g/mol. The number of piperidine rings is 1. The summed E-state index contributed by atoms with van der Waals surface area (Å²) in [6.45, 7) is 14.2. The van der Waals surface area contributed by atoms with Crippen molar-refractivity contribution in [2.75, 3.05) is 19.7 Å². The third kappa shape index (κ3) is 3.76. The van der Waals surface area contributed by atoms with E-state index in [1.54, 1.807) is 0 Å². The third-order valence-corrected chi connectivity index (χ3v) is 3.21. The van der Waals surface area contributed by atoms with Gasteiger partial charge in [0.25, 0.3) is 0 Å². The first-order chi connectivity index (χ1) is 7.86. The number of amides is 1. The van der Waals surface area contributed by atoms with Crippen LogP contribution in [-0.4, -0.2) is 30.5 Å². The molecule has 1 heterocycles. The molecule has 3 heteroatoms. The molecule has 0 bridgehead atoms. The zero-order valence-electron chi connectivity index (χ0n) is 11.6. The van der Waals surface area contributed by atoms with Gasteiger partial charge in [0.2, 0.25) is 5.91 Å². The minimum Gasteiger partial charge on any atom is -0.499 e. The van der Waals surface area contributed by atoms with Crippen LogP contribution in [-0.2, 0) is 9.53 Å². The molecule has 0 aromatic carbocycles. The number of rotatable bonds is 3. The summed E-state index contributed by atoms with van der Waals surface area (Å²) < 4.78 is 5.45. The molecule has 0 N–H and O–H groups in total. The van der Waals surface area contributed by atoms with Gasteiger partial charge in [0.05, 0.1) is 12.4 Å². The summed E-state index contributed by atoms with van der Waals surface area (Å²) in [7, 11) is 0. The molecule has 17 heavy (non-hydrogen) atoms. The number of hydrogen-bond acceptors (Lipinski definition) is 2. The van der Waals surface area contributed by atoms with Gasteiger partial charge in [-0.1, -0.05) is 27.4 Å². The SMILES string of the molecule is C=C(OCC)C1CCN(C(=O)C(C)(C)C)CC1. The largest absolute Gasteiger partial charge is 0.499 e. The van der Waals surface area contributed by atoms with Gasteiger partial charge in [-0.15, -0.1) is 0 Å². The Morgan fingerprint density at radius 1 is 1.35 bits per heavy atom. The molecule has 0 aromatic heterocycles. The van der Waals surface area contributed by atoms with Crippen LogP contribution in [0.2, 0.25) is 0 Å². The summed E-state index contributed by atoms with van der Waals surface area (Å²) in [6.07, 6.45) is 1.95. The van der Waals surface area contributed by atoms with Gasteiger partial charge in [0.15, 0.2) is 0 Å². The maximum absolute atomic E-state index is 12.1. The van der Waals surface area contributed by atoms with Crippen molar-refractivity contribution in [3.63, 3.8) is 0 Å². The van der Waals surface area contributed by atoms with E-state index in [-0.39, 0.29) is 11.3 Å². The first-order valence-electron chi connectivity index (χ1n) is 6.47. The molecule has 0 saturated carbocycles. The smallest absolute Gasteiger partial charge is 0.227 e. The minimum atomic E-state index is -0.274. The van der Waals surface area contributed by atoms with Crippen LogP contribution in [0.1, 0.15) is 40.5 Å². The predicted molar refractivity (Wildman–Crippen MR) is 69.5 cm³/mol. The van der Waals surface area contributed by atoms with Crippen molar-refractivity contribution >= 4 is 5.91 Å². The number of likely N-dealkylation sites (tertiary alicyclic amines) is 1. The highest BCUT2D eigenvalue weighted by Crippen LogP contribution is 2.27. The molecule has 0 aliphatic carbocycles. The summed E-state index contributed by atoms with van der Waals surface area (Å²) in [5.74, 6) is 1.55. The Morgan fingerprint density at radius 2 is 1.88 bits per heavy atom. The van der Waals surface area contributed by atoms with Gasteiger partial charge >= 0.3 is 0 Å². The van der Waals surface area contributed by atoms with Gasteiger partial charge < -0.3 is 9.64 Å². The average Bonchev–Trinajstić information content (AvgIpc) is 2.27. The van der Waals surface area contributed by atoms with Crippen molar-refractivity contribution in [2.24, 2.45) is 11.3 Å². The molecule has 0 radical (unpaired) electrons. The molecule has 1 aliphatic heterocycles. The number of carbonyl (C=O) groups is 1. The van der Waals surface area contributed by atoms with Gasteiger partial charge in [0, 0.05) is 24.4 Å². The molecule has 0 atom stereocenters. The van der Waals surface area contributed by atoms with E-state index in [2.05, 4.69) is 6.58 Å².